The van der Waals surface area contributed by atoms with Gasteiger partial charge >= 0.3 is 12.2 Å². The van der Waals surface area contributed by atoms with E-state index in [0.29, 0.717) is 62.8 Å². The standard InChI is InChI=1S/C43H47F3N2O4S/c1-38-17-13-31(49)25-40(38)20-21-42(33(26-40)36(50)28-8-6-9-29(24-28)43(44,45)46)34(38)14-18-39(2)35(42)15-19-41(39,52)27-48(22-16-32-12-7-23-53-32)37(51)47-30-10-4-3-5-11-30/h3-12,20-21,23-24,26,31,34-35,49,52H,13-19,22,25,27H2,1-2H3,(H,47,51). The van der Waals surface area contributed by atoms with Crippen LogP contribution in [0.1, 0.15) is 79.6 Å². The van der Waals surface area contributed by atoms with Gasteiger partial charge in [-0.1, -0.05) is 68.5 Å². The summed E-state index contributed by atoms with van der Waals surface area (Å²) in [5.41, 5.74) is -3.48. The van der Waals surface area contributed by atoms with Gasteiger partial charge in [0.25, 0.3) is 0 Å². The van der Waals surface area contributed by atoms with Crippen LogP contribution in [0.2, 0.25) is 0 Å². The number of Topliss-reactive ketones (excluding diaryl/α,β-unsaturated/α-hetero) is 1. The zero-order chi connectivity index (χ0) is 37.4. The fraction of sp³-hybridized carbons (Fsp3) is 0.488. The van der Waals surface area contributed by atoms with Gasteiger partial charge in [-0.3, -0.25) is 4.79 Å². The van der Waals surface area contributed by atoms with Gasteiger partial charge in [-0.05, 0) is 104 Å². The number of fused-ring (bicyclic) bond motifs is 1. The third-order valence-electron chi connectivity index (χ3n) is 14.4. The lowest BCUT2D eigenvalue weighted by Crippen LogP contribution is -2.67. The molecule has 0 aliphatic heterocycles. The Morgan fingerprint density at radius 1 is 0.925 bits per heavy atom. The van der Waals surface area contributed by atoms with Crippen LogP contribution in [-0.2, 0) is 12.6 Å². The highest BCUT2D eigenvalue weighted by Crippen LogP contribution is 2.78. The summed E-state index contributed by atoms with van der Waals surface area (Å²) in [7, 11) is 0. The Hall–Kier alpha value is -3.73. The molecule has 1 aromatic heterocycles. The number of hydrogen-bond acceptors (Lipinski definition) is 5. The highest BCUT2D eigenvalue weighted by molar-refractivity contribution is 7.09. The first kappa shape index (κ1) is 36.3. The van der Waals surface area contributed by atoms with Gasteiger partial charge in [0, 0.05) is 44.5 Å². The molecule has 6 aliphatic carbocycles. The van der Waals surface area contributed by atoms with Crippen LogP contribution in [0.3, 0.4) is 0 Å². The van der Waals surface area contributed by atoms with Crippen LogP contribution in [0.25, 0.3) is 0 Å². The Bertz CT molecular complexity index is 1960. The van der Waals surface area contributed by atoms with Crippen molar-refractivity contribution in [2.24, 2.45) is 33.5 Å². The first-order chi connectivity index (χ1) is 25.1. The highest BCUT2D eigenvalue weighted by atomic mass is 32.1. The molecule has 3 aromatic rings. The molecule has 10 heteroatoms. The van der Waals surface area contributed by atoms with Crippen molar-refractivity contribution in [1.29, 1.82) is 0 Å². The van der Waals surface area contributed by atoms with Gasteiger partial charge in [-0.15, -0.1) is 11.3 Å². The van der Waals surface area contributed by atoms with Crippen molar-refractivity contribution in [3.05, 3.63) is 112 Å². The van der Waals surface area contributed by atoms with E-state index in [0.717, 1.165) is 23.4 Å². The van der Waals surface area contributed by atoms with E-state index < -0.39 is 45.5 Å². The Morgan fingerprint density at radius 3 is 2.40 bits per heavy atom. The van der Waals surface area contributed by atoms with Gasteiger partial charge in [-0.25, -0.2) is 4.79 Å². The Kier molecular flexibility index (Phi) is 8.67. The van der Waals surface area contributed by atoms with Crippen molar-refractivity contribution < 1.29 is 33.0 Å². The van der Waals surface area contributed by atoms with Gasteiger partial charge < -0.3 is 20.4 Å². The number of aliphatic hydroxyl groups excluding tert-OH is 1. The zero-order valence-corrected chi connectivity index (χ0v) is 31.0. The fourth-order valence-electron chi connectivity index (χ4n) is 11.6. The summed E-state index contributed by atoms with van der Waals surface area (Å²) in [5.74, 6) is -0.653. The maximum absolute atomic E-state index is 14.8. The number of ketones is 1. The minimum atomic E-state index is -4.60. The smallest absolute Gasteiger partial charge is 0.393 e. The van der Waals surface area contributed by atoms with Crippen molar-refractivity contribution in [2.75, 3.05) is 18.4 Å². The van der Waals surface area contributed by atoms with Crippen LogP contribution in [-0.4, -0.2) is 51.7 Å². The number of para-hydroxylation sites is 1. The zero-order valence-electron chi connectivity index (χ0n) is 30.2. The topological polar surface area (TPSA) is 89.9 Å². The molecule has 2 bridgehead atoms. The van der Waals surface area contributed by atoms with Crippen molar-refractivity contribution >= 4 is 28.8 Å². The van der Waals surface area contributed by atoms with Gasteiger partial charge in [-0.2, -0.15) is 13.2 Å². The van der Waals surface area contributed by atoms with E-state index in [1.807, 2.05) is 53.9 Å². The lowest BCUT2D eigenvalue weighted by atomic mass is 9.32. The molecule has 53 heavy (non-hydrogen) atoms. The van der Waals surface area contributed by atoms with Crippen LogP contribution in [0, 0.1) is 33.5 Å². The van der Waals surface area contributed by atoms with E-state index in [1.165, 1.54) is 12.1 Å². The minimum absolute atomic E-state index is 0.00696. The molecule has 8 atom stereocenters. The molecule has 3 fully saturated rings. The number of thiophene rings is 1. The summed E-state index contributed by atoms with van der Waals surface area (Å²) >= 11 is 1.63. The molecule has 2 amide bonds. The van der Waals surface area contributed by atoms with Crippen LogP contribution < -0.4 is 5.32 Å². The largest absolute Gasteiger partial charge is 0.416 e. The van der Waals surface area contributed by atoms with E-state index in [9.17, 15) is 33.0 Å². The predicted octanol–water partition coefficient (Wildman–Crippen LogP) is 9.32. The maximum atomic E-state index is 14.8. The van der Waals surface area contributed by atoms with Crippen LogP contribution in [0.15, 0.2) is 95.9 Å². The van der Waals surface area contributed by atoms with Gasteiger partial charge in [0.1, 0.15) is 0 Å². The molecule has 8 unspecified atom stereocenters. The maximum Gasteiger partial charge on any atom is 0.416 e. The SMILES string of the molecule is CC12CCC(O)CC13C=CC1(C(C(=O)c4cccc(C(F)(F)F)c4)=C3)C2CCC2(C)C1CCC2(O)CN(CCc1cccs1)C(=O)Nc1ccccc1. The van der Waals surface area contributed by atoms with Crippen molar-refractivity contribution in [3.8, 4) is 0 Å². The molecular weight excluding hydrogens is 698 g/mol. The minimum Gasteiger partial charge on any atom is -0.393 e. The summed E-state index contributed by atoms with van der Waals surface area (Å²) in [5, 5.41) is 29.0. The molecule has 9 rings (SSSR count). The second-order valence-corrected chi connectivity index (χ2v) is 17.8. The summed E-state index contributed by atoms with van der Waals surface area (Å²) < 4.78 is 41.7. The molecule has 0 saturated heterocycles. The van der Waals surface area contributed by atoms with Crippen LogP contribution in [0.5, 0.6) is 0 Å². The summed E-state index contributed by atoms with van der Waals surface area (Å²) in [6, 6.07) is 17.7. The normalized spacial score (nSPS) is 35.5. The van der Waals surface area contributed by atoms with Crippen molar-refractivity contribution in [2.45, 2.75) is 83.1 Å². The quantitative estimate of drug-likeness (QED) is 0.159. The first-order valence-corrected chi connectivity index (χ1v) is 19.7. The molecule has 3 N–H and O–H groups in total. The number of halogens is 3. The number of urea groups is 1. The van der Waals surface area contributed by atoms with E-state index in [2.05, 4.69) is 31.3 Å². The lowest BCUT2D eigenvalue weighted by molar-refractivity contribution is -0.174. The molecule has 1 heterocycles. The number of carbonyl (C=O) groups excluding carboxylic acids is 2. The van der Waals surface area contributed by atoms with E-state index in [-0.39, 0.29) is 35.4 Å². The lowest BCUT2D eigenvalue weighted by Gasteiger charge is -2.71. The van der Waals surface area contributed by atoms with E-state index in [4.69, 9.17) is 0 Å². The Balaban J connectivity index is 1.19. The number of allylic oxidation sites excluding steroid dienone is 4. The average Bonchev–Trinajstić information content (AvgIpc) is 3.75. The summed E-state index contributed by atoms with van der Waals surface area (Å²) in [4.78, 5) is 31.7. The van der Waals surface area contributed by atoms with Crippen molar-refractivity contribution in [1.82, 2.24) is 4.90 Å². The average molecular weight is 745 g/mol. The number of rotatable bonds is 8. The number of aliphatic hydroxyl groups is 2. The summed E-state index contributed by atoms with van der Waals surface area (Å²) in [6.45, 7) is 4.88. The number of anilines is 1. The molecule has 6 aliphatic rings. The Labute approximate surface area is 312 Å². The van der Waals surface area contributed by atoms with E-state index >= 15 is 0 Å². The number of carbonyl (C=O) groups is 2. The van der Waals surface area contributed by atoms with Crippen LogP contribution >= 0.6 is 11.3 Å². The van der Waals surface area contributed by atoms with Crippen molar-refractivity contribution in [3.63, 3.8) is 0 Å². The molecule has 3 saturated carbocycles. The number of alkyl halides is 3. The number of hydrogen-bond donors (Lipinski definition) is 3. The number of amides is 2. The van der Waals surface area contributed by atoms with Gasteiger partial charge in [0.05, 0.1) is 23.8 Å². The third-order valence-corrected chi connectivity index (χ3v) is 15.3. The predicted molar refractivity (Wildman–Crippen MR) is 199 cm³/mol. The molecular formula is C43H47F3N2O4S. The molecule has 280 valence electrons. The summed E-state index contributed by atoms with van der Waals surface area (Å²) in [6.07, 6.45) is 6.06. The third kappa shape index (κ3) is 5.57. The Morgan fingerprint density at radius 2 is 1.66 bits per heavy atom. The molecule has 0 radical (unpaired) electrons. The monoisotopic (exact) mass is 744 g/mol. The molecule has 2 spiro atoms. The second-order valence-electron chi connectivity index (χ2n) is 16.8. The van der Waals surface area contributed by atoms with Gasteiger partial charge in [0.2, 0.25) is 0 Å². The second kappa shape index (κ2) is 12.7. The number of nitrogens with one attached hydrogen (secondary N) is 1. The highest BCUT2D eigenvalue weighted by Gasteiger charge is 2.74. The number of nitrogens with zero attached hydrogens (tertiary/aromatic N) is 1. The first-order valence-electron chi connectivity index (χ1n) is 18.8. The van der Waals surface area contributed by atoms with Crippen LogP contribution in [0.4, 0.5) is 23.7 Å². The van der Waals surface area contributed by atoms with E-state index in [1.54, 1.807) is 16.2 Å². The molecule has 2 aromatic carbocycles. The number of benzene rings is 2. The van der Waals surface area contributed by atoms with Gasteiger partial charge in [0.15, 0.2) is 5.78 Å². The molecule has 6 nitrogen and oxygen atoms in total. The fourth-order valence-corrected chi connectivity index (χ4v) is 12.3.